The van der Waals surface area contributed by atoms with Gasteiger partial charge in [-0.2, -0.15) is 0 Å². The fourth-order valence-electron chi connectivity index (χ4n) is 3.81. The summed E-state index contributed by atoms with van der Waals surface area (Å²) in [6.45, 7) is 6.04. The lowest BCUT2D eigenvalue weighted by atomic mass is 9.85. The Morgan fingerprint density at radius 3 is 2.55 bits per heavy atom. The molecule has 0 radical (unpaired) electrons. The zero-order chi connectivity index (χ0) is 19.6. The molecule has 2 unspecified atom stereocenters. The first kappa shape index (κ1) is 23.4. The number of rotatable bonds is 9. The Kier molecular flexibility index (Phi) is 10.2. The van der Waals surface area contributed by atoms with Gasteiger partial charge in [-0.1, -0.05) is 61.5 Å². The molecule has 5 heteroatoms. The highest BCUT2D eigenvalue weighted by molar-refractivity contribution is 5.85. The molecule has 3 rings (SSSR count). The highest BCUT2D eigenvalue weighted by Gasteiger charge is 2.21. The van der Waals surface area contributed by atoms with Gasteiger partial charge >= 0.3 is 0 Å². The van der Waals surface area contributed by atoms with Gasteiger partial charge in [0, 0.05) is 13.0 Å². The van der Waals surface area contributed by atoms with Crippen molar-refractivity contribution in [1.29, 1.82) is 0 Å². The summed E-state index contributed by atoms with van der Waals surface area (Å²) in [4.78, 5) is 12.4. The number of halogens is 1. The predicted molar refractivity (Wildman–Crippen MR) is 120 cm³/mol. The third-order valence-electron chi connectivity index (χ3n) is 5.61. The molecule has 1 aliphatic heterocycles. The maximum absolute atomic E-state index is 12.4. The van der Waals surface area contributed by atoms with Crippen molar-refractivity contribution in [3.8, 4) is 0 Å². The average Bonchev–Trinajstić information content (AvgIpc) is 2.74. The molecule has 4 nitrogen and oxygen atoms in total. The smallest absolute Gasteiger partial charge is 0.220 e. The number of nitrogens with one attached hydrogen (secondary N) is 2. The molecule has 0 aromatic heterocycles. The van der Waals surface area contributed by atoms with Crippen LogP contribution < -0.4 is 10.6 Å². The molecular weight excluding hydrogens is 384 g/mol. The second-order valence-electron chi connectivity index (χ2n) is 7.81. The Morgan fingerprint density at radius 2 is 1.83 bits per heavy atom. The number of hydrogen-bond donors (Lipinski definition) is 2. The minimum absolute atomic E-state index is 0. The van der Waals surface area contributed by atoms with Crippen LogP contribution in [0.1, 0.15) is 42.9 Å². The largest absolute Gasteiger partial charge is 0.372 e. The third kappa shape index (κ3) is 7.81. The van der Waals surface area contributed by atoms with Crippen LogP contribution in [0.4, 0.5) is 0 Å². The Morgan fingerprint density at radius 1 is 1.10 bits per heavy atom. The van der Waals surface area contributed by atoms with Crippen molar-refractivity contribution in [3.63, 3.8) is 0 Å². The fraction of sp³-hybridized carbons (Fsp3) is 0.458. The highest BCUT2D eigenvalue weighted by Crippen LogP contribution is 2.22. The minimum atomic E-state index is 0. The second-order valence-corrected chi connectivity index (χ2v) is 7.81. The molecule has 1 fully saturated rings. The van der Waals surface area contributed by atoms with E-state index in [1.54, 1.807) is 0 Å². The van der Waals surface area contributed by atoms with Crippen LogP contribution in [0, 0.1) is 11.8 Å². The van der Waals surface area contributed by atoms with Crippen molar-refractivity contribution < 1.29 is 9.53 Å². The normalized spacial score (nSPS) is 17.2. The molecule has 0 spiro atoms. The molecule has 0 saturated carbocycles. The first-order valence-corrected chi connectivity index (χ1v) is 10.4. The minimum Gasteiger partial charge on any atom is -0.372 e. The summed E-state index contributed by atoms with van der Waals surface area (Å²) in [6, 6.07) is 18.3. The van der Waals surface area contributed by atoms with Crippen molar-refractivity contribution in [3.05, 3.63) is 71.3 Å². The Balaban J connectivity index is 0.00000300. The lowest BCUT2D eigenvalue weighted by molar-refractivity contribution is -0.122. The van der Waals surface area contributed by atoms with Crippen LogP contribution in [-0.4, -0.2) is 19.0 Å². The zero-order valence-electron chi connectivity index (χ0n) is 17.2. The molecule has 2 atom stereocenters. The van der Waals surface area contributed by atoms with E-state index in [4.69, 9.17) is 4.74 Å². The van der Waals surface area contributed by atoms with Gasteiger partial charge < -0.3 is 15.4 Å². The summed E-state index contributed by atoms with van der Waals surface area (Å²) < 4.78 is 5.88. The van der Waals surface area contributed by atoms with Crippen molar-refractivity contribution in [2.24, 2.45) is 11.8 Å². The molecule has 1 saturated heterocycles. The summed E-state index contributed by atoms with van der Waals surface area (Å²) >= 11 is 0. The molecule has 1 amide bonds. The maximum Gasteiger partial charge on any atom is 0.220 e. The number of carbonyl (C=O) groups is 1. The first-order valence-electron chi connectivity index (χ1n) is 10.4. The van der Waals surface area contributed by atoms with E-state index in [1.165, 1.54) is 18.4 Å². The molecule has 0 aliphatic carbocycles. The number of amides is 1. The standard InChI is InChI=1S/C24H32N2O2.ClH/c1-19(21-12-7-13-25-15-21)14-24(27)26-16-22-10-5-6-11-23(22)18-28-17-20-8-3-2-4-9-20;/h2-6,8-11,19,21,25H,7,12-18H2,1H3,(H,26,27);1H. The van der Waals surface area contributed by atoms with Crippen LogP contribution in [0.3, 0.4) is 0 Å². The van der Waals surface area contributed by atoms with Crippen LogP contribution in [0.15, 0.2) is 54.6 Å². The third-order valence-corrected chi connectivity index (χ3v) is 5.61. The van der Waals surface area contributed by atoms with Crippen LogP contribution >= 0.6 is 12.4 Å². The summed E-state index contributed by atoms with van der Waals surface area (Å²) in [5.41, 5.74) is 3.42. The molecule has 29 heavy (non-hydrogen) atoms. The van der Waals surface area contributed by atoms with E-state index in [-0.39, 0.29) is 18.3 Å². The lowest BCUT2D eigenvalue weighted by Crippen LogP contribution is -2.35. The van der Waals surface area contributed by atoms with E-state index in [0.29, 0.717) is 38.0 Å². The monoisotopic (exact) mass is 416 g/mol. The van der Waals surface area contributed by atoms with Crippen molar-refractivity contribution in [2.75, 3.05) is 13.1 Å². The van der Waals surface area contributed by atoms with Gasteiger partial charge in [-0.3, -0.25) is 4.79 Å². The second kappa shape index (κ2) is 12.6. The topological polar surface area (TPSA) is 50.4 Å². The van der Waals surface area contributed by atoms with Crippen molar-refractivity contribution in [2.45, 2.75) is 45.9 Å². The van der Waals surface area contributed by atoms with Crippen LogP contribution in [-0.2, 0) is 29.3 Å². The van der Waals surface area contributed by atoms with E-state index < -0.39 is 0 Å². The van der Waals surface area contributed by atoms with Gasteiger partial charge in [0.15, 0.2) is 0 Å². The van der Waals surface area contributed by atoms with Gasteiger partial charge in [0.05, 0.1) is 13.2 Å². The molecule has 158 valence electrons. The van der Waals surface area contributed by atoms with Crippen LogP contribution in [0.2, 0.25) is 0 Å². The molecule has 2 aromatic rings. The fourth-order valence-corrected chi connectivity index (χ4v) is 3.81. The van der Waals surface area contributed by atoms with E-state index >= 15 is 0 Å². The van der Waals surface area contributed by atoms with Gasteiger partial charge in [0.25, 0.3) is 0 Å². The van der Waals surface area contributed by atoms with Gasteiger partial charge in [0.2, 0.25) is 5.91 Å². The molecule has 2 N–H and O–H groups in total. The Bertz CT molecular complexity index is 733. The summed E-state index contributed by atoms with van der Waals surface area (Å²) in [7, 11) is 0. The molecule has 1 aliphatic rings. The number of piperidine rings is 1. The quantitative estimate of drug-likeness (QED) is 0.634. The Labute approximate surface area is 180 Å². The average molecular weight is 417 g/mol. The van der Waals surface area contributed by atoms with Gasteiger partial charge in [-0.25, -0.2) is 0 Å². The molecule has 0 bridgehead atoms. The highest BCUT2D eigenvalue weighted by atomic mass is 35.5. The van der Waals surface area contributed by atoms with E-state index in [9.17, 15) is 4.79 Å². The number of carbonyl (C=O) groups excluding carboxylic acids is 1. The van der Waals surface area contributed by atoms with Crippen LogP contribution in [0.5, 0.6) is 0 Å². The number of ether oxygens (including phenoxy) is 1. The van der Waals surface area contributed by atoms with Crippen LogP contribution in [0.25, 0.3) is 0 Å². The molecule has 2 aromatic carbocycles. The number of hydrogen-bond acceptors (Lipinski definition) is 3. The first-order chi connectivity index (χ1) is 13.7. The Hall–Kier alpha value is -1.88. The summed E-state index contributed by atoms with van der Waals surface area (Å²) in [5, 5.41) is 6.54. The van der Waals surface area contributed by atoms with Crippen molar-refractivity contribution >= 4 is 18.3 Å². The predicted octanol–water partition coefficient (Wildman–Crippen LogP) is 4.47. The maximum atomic E-state index is 12.4. The summed E-state index contributed by atoms with van der Waals surface area (Å²) in [6.07, 6.45) is 3.04. The van der Waals surface area contributed by atoms with Gasteiger partial charge in [-0.05, 0) is 54.5 Å². The summed E-state index contributed by atoms with van der Waals surface area (Å²) in [5.74, 6) is 1.16. The van der Waals surface area contributed by atoms with Gasteiger partial charge in [0.1, 0.15) is 0 Å². The zero-order valence-corrected chi connectivity index (χ0v) is 18.0. The van der Waals surface area contributed by atoms with E-state index in [2.05, 4.69) is 41.8 Å². The number of benzene rings is 2. The van der Waals surface area contributed by atoms with Crippen molar-refractivity contribution in [1.82, 2.24) is 10.6 Å². The van der Waals surface area contributed by atoms with E-state index in [1.807, 2.05) is 30.3 Å². The lowest BCUT2D eigenvalue weighted by Gasteiger charge is -2.28. The van der Waals surface area contributed by atoms with Gasteiger partial charge in [-0.15, -0.1) is 12.4 Å². The van der Waals surface area contributed by atoms with E-state index in [0.717, 1.165) is 24.2 Å². The molecule has 1 heterocycles. The SMILES string of the molecule is CC(CC(=O)NCc1ccccc1COCc1ccccc1)C1CCCNC1.Cl. The molecular formula is C24H33ClN2O2.